The van der Waals surface area contributed by atoms with Crippen molar-refractivity contribution in [3.63, 3.8) is 0 Å². The van der Waals surface area contributed by atoms with Crippen molar-refractivity contribution in [2.75, 3.05) is 39.3 Å². The zero-order valence-corrected chi connectivity index (χ0v) is 14.2. The van der Waals surface area contributed by atoms with E-state index in [0.717, 1.165) is 9.80 Å². The first kappa shape index (κ1) is 21.7. The molecule has 0 bridgehead atoms. The Balaban J connectivity index is 0. The summed E-state index contributed by atoms with van der Waals surface area (Å²) in [5.74, 6) is -4.91. The maximum atomic E-state index is 10.6. The Morgan fingerprint density at radius 3 is 0.905 bits per heavy atom. The Labute approximate surface area is 132 Å². The Morgan fingerprint density at radius 2 is 0.762 bits per heavy atom. The van der Waals surface area contributed by atoms with Crippen molar-refractivity contribution >= 4 is 23.9 Å². The molecule has 0 saturated carbocycles. The van der Waals surface area contributed by atoms with E-state index < -0.39 is 50.1 Å². The molecule has 0 fully saturated rings. The molecule has 10 nitrogen and oxygen atoms in total. The van der Waals surface area contributed by atoms with Crippen LogP contribution in [0.5, 0.6) is 0 Å². The van der Waals surface area contributed by atoms with E-state index in [2.05, 4.69) is 0 Å². The van der Waals surface area contributed by atoms with Crippen LogP contribution >= 0.6 is 0 Å². The van der Waals surface area contributed by atoms with Crippen LogP contribution in [0.1, 0.15) is 0 Å². The SMILES string of the molecule is O=C(O)CN(CCN(CC(=O)O)CC(=O)O)CC(=O)O.[Zn]. The van der Waals surface area contributed by atoms with Gasteiger partial charge in [-0.25, -0.2) is 0 Å². The fraction of sp³-hybridized carbons (Fsp3) is 0.600. The third-order valence-corrected chi connectivity index (χ3v) is 2.17. The molecule has 0 amide bonds. The van der Waals surface area contributed by atoms with Crippen molar-refractivity contribution in [1.82, 2.24) is 9.80 Å². The van der Waals surface area contributed by atoms with E-state index in [9.17, 15) is 19.2 Å². The van der Waals surface area contributed by atoms with Gasteiger partial charge in [-0.3, -0.25) is 29.0 Å². The van der Waals surface area contributed by atoms with Crippen LogP contribution in [0.15, 0.2) is 0 Å². The Bertz CT molecular complexity index is 321. The van der Waals surface area contributed by atoms with E-state index in [1.165, 1.54) is 0 Å². The van der Waals surface area contributed by atoms with Gasteiger partial charge in [0.1, 0.15) is 0 Å². The number of carbonyl (C=O) groups is 4. The van der Waals surface area contributed by atoms with Gasteiger partial charge in [0.2, 0.25) is 0 Å². The molecule has 21 heavy (non-hydrogen) atoms. The van der Waals surface area contributed by atoms with Crippen LogP contribution in [0.2, 0.25) is 0 Å². The minimum atomic E-state index is -1.23. The molecular weight excluding hydrogens is 342 g/mol. The van der Waals surface area contributed by atoms with Crippen LogP contribution in [0, 0.1) is 0 Å². The Kier molecular flexibility index (Phi) is 11.5. The molecule has 0 heterocycles. The standard InChI is InChI=1S/C10H16N2O8.Zn/c13-7(14)3-11(4-8(15)16)1-2-12(5-9(17)18)6-10(19)20;/h1-6H2,(H,13,14)(H,15,16)(H,17,18)(H,19,20);. The Hall–Kier alpha value is -1.58. The van der Waals surface area contributed by atoms with Gasteiger partial charge in [-0.15, -0.1) is 0 Å². The van der Waals surface area contributed by atoms with Crippen molar-refractivity contribution in [3.05, 3.63) is 0 Å². The van der Waals surface area contributed by atoms with E-state index in [4.69, 9.17) is 20.4 Å². The normalized spacial score (nSPS) is 10.2. The predicted molar refractivity (Wildman–Crippen MR) is 63.4 cm³/mol. The van der Waals surface area contributed by atoms with Crippen LogP contribution in [0.4, 0.5) is 0 Å². The van der Waals surface area contributed by atoms with Gasteiger partial charge >= 0.3 is 23.9 Å². The number of hydrogen-bond acceptors (Lipinski definition) is 6. The molecule has 0 aromatic heterocycles. The Morgan fingerprint density at radius 1 is 0.571 bits per heavy atom. The summed E-state index contributed by atoms with van der Waals surface area (Å²) in [6, 6.07) is 0. The minimum Gasteiger partial charge on any atom is -0.480 e. The van der Waals surface area contributed by atoms with Gasteiger partial charge in [0.15, 0.2) is 0 Å². The van der Waals surface area contributed by atoms with Crippen molar-refractivity contribution < 1.29 is 59.1 Å². The zero-order valence-electron chi connectivity index (χ0n) is 11.3. The van der Waals surface area contributed by atoms with Crippen LogP contribution in [0.3, 0.4) is 0 Å². The summed E-state index contributed by atoms with van der Waals surface area (Å²) in [5, 5.41) is 34.5. The summed E-state index contributed by atoms with van der Waals surface area (Å²) in [5.41, 5.74) is 0. The van der Waals surface area contributed by atoms with Gasteiger partial charge in [-0.2, -0.15) is 0 Å². The second kappa shape index (κ2) is 11.1. The van der Waals surface area contributed by atoms with Crippen molar-refractivity contribution in [1.29, 1.82) is 0 Å². The molecule has 0 aliphatic rings. The number of rotatable bonds is 11. The van der Waals surface area contributed by atoms with Crippen molar-refractivity contribution in [3.8, 4) is 0 Å². The molecule has 0 atom stereocenters. The summed E-state index contributed by atoms with van der Waals surface area (Å²) in [6.45, 7) is -2.25. The molecule has 4 N–H and O–H groups in total. The average molecular weight is 358 g/mol. The molecule has 0 rings (SSSR count). The first-order valence-corrected chi connectivity index (χ1v) is 5.52. The van der Waals surface area contributed by atoms with Gasteiger partial charge < -0.3 is 20.4 Å². The van der Waals surface area contributed by atoms with Crippen LogP contribution < -0.4 is 0 Å². The molecule has 0 aromatic rings. The van der Waals surface area contributed by atoms with E-state index in [0.29, 0.717) is 0 Å². The molecule has 0 saturated heterocycles. The molecule has 0 aromatic carbocycles. The first-order valence-electron chi connectivity index (χ1n) is 5.52. The largest absolute Gasteiger partial charge is 0.480 e. The van der Waals surface area contributed by atoms with Gasteiger partial charge in [0, 0.05) is 32.6 Å². The maximum absolute atomic E-state index is 10.6. The van der Waals surface area contributed by atoms with Crippen LogP contribution in [-0.2, 0) is 38.7 Å². The zero-order chi connectivity index (χ0) is 15.7. The third-order valence-electron chi connectivity index (χ3n) is 2.17. The molecule has 11 heteroatoms. The maximum Gasteiger partial charge on any atom is 0.317 e. The monoisotopic (exact) mass is 356 g/mol. The number of carboxylic acid groups (broad SMARTS) is 4. The van der Waals surface area contributed by atoms with E-state index >= 15 is 0 Å². The van der Waals surface area contributed by atoms with Gasteiger partial charge in [0.05, 0.1) is 26.2 Å². The number of nitrogens with zero attached hydrogens (tertiary/aromatic N) is 2. The smallest absolute Gasteiger partial charge is 0.317 e. The first-order chi connectivity index (χ1) is 9.20. The topological polar surface area (TPSA) is 156 Å². The molecule has 0 aliphatic carbocycles. The van der Waals surface area contributed by atoms with Gasteiger partial charge in [-0.1, -0.05) is 0 Å². The summed E-state index contributed by atoms with van der Waals surface area (Å²) < 4.78 is 0. The summed E-state index contributed by atoms with van der Waals surface area (Å²) in [4.78, 5) is 44.4. The van der Waals surface area contributed by atoms with Crippen LogP contribution in [-0.4, -0.2) is 93.4 Å². The molecule has 0 aliphatic heterocycles. The predicted octanol–water partition coefficient (Wildman–Crippen LogP) is -2.07. The summed E-state index contributed by atoms with van der Waals surface area (Å²) in [7, 11) is 0. The molecular formula is C10H16N2O8Zn. The van der Waals surface area contributed by atoms with E-state index in [-0.39, 0.29) is 32.6 Å². The summed E-state index contributed by atoms with van der Waals surface area (Å²) >= 11 is 0. The average Bonchev–Trinajstić information content (AvgIpc) is 2.22. The number of aliphatic carboxylic acids is 4. The van der Waals surface area contributed by atoms with E-state index in [1.807, 2.05) is 0 Å². The fourth-order valence-electron chi connectivity index (χ4n) is 1.48. The molecule has 0 unspecified atom stereocenters. The molecule has 0 radical (unpaired) electrons. The van der Waals surface area contributed by atoms with Gasteiger partial charge in [0.25, 0.3) is 0 Å². The van der Waals surface area contributed by atoms with Crippen molar-refractivity contribution in [2.45, 2.75) is 0 Å². The minimum absolute atomic E-state index is 0. The van der Waals surface area contributed by atoms with E-state index in [1.54, 1.807) is 0 Å². The second-order valence-corrected chi connectivity index (χ2v) is 4.00. The summed E-state index contributed by atoms with van der Waals surface area (Å²) in [6.07, 6.45) is 0. The molecule has 0 spiro atoms. The fourth-order valence-corrected chi connectivity index (χ4v) is 1.48. The number of carboxylic acids is 4. The van der Waals surface area contributed by atoms with Gasteiger partial charge in [-0.05, 0) is 0 Å². The molecule has 116 valence electrons. The van der Waals surface area contributed by atoms with Crippen LogP contribution in [0.25, 0.3) is 0 Å². The number of hydrogen-bond donors (Lipinski definition) is 4. The second-order valence-electron chi connectivity index (χ2n) is 4.00. The quantitative estimate of drug-likeness (QED) is 0.303. The van der Waals surface area contributed by atoms with Crippen molar-refractivity contribution in [2.24, 2.45) is 0 Å². The third kappa shape index (κ3) is 13.2.